The van der Waals surface area contributed by atoms with Crippen molar-refractivity contribution >= 4 is 27.9 Å². The fourth-order valence-electron chi connectivity index (χ4n) is 4.71. The third-order valence-corrected chi connectivity index (χ3v) is 5.89. The first-order valence-electron chi connectivity index (χ1n) is 10.2. The molecule has 0 spiro atoms. The van der Waals surface area contributed by atoms with E-state index in [4.69, 9.17) is 0 Å². The molecule has 5 rings (SSSR count). The van der Waals surface area contributed by atoms with Crippen molar-refractivity contribution in [1.82, 2.24) is 9.13 Å². The monoisotopic (exact) mass is 376 g/mol. The molecule has 2 heteroatoms. The highest BCUT2D eigenvalue weighted by Gasteiger charge is 2.23. The van der Waals surface area contributed by atoms with Crippen LogP contribution in [-0.2, 0) is 6.54 Å². The number of nitrogens with zero attached hydrogens (tertiary/aromatic N) is 2. The molecule has 29 heavy (non-hydrogen) atoms. The van der Waals surface area contributed by atoms with Gasteiger partial charge in [-0.15, -0.1) is 0 Å². The molecule has 2 nitrogen and oxygen atoms in total. The molecule has 0 aliphatic carbocycles. The second-order valence-electron chi connectivity index (χ2n) is 7.38. The third-order valence-electron chi connectivity index (χ3n) is 5.89. The van der Waals surface area contributed by atoms with Crippen LogP contribution in [0.15, 0.2) is 85.4 Å². The smallest absolute Gasteiger partial charge is 0.0589 e. The number of aryl methyl sites for hydroxylation is 1. The molecule has 0 saturated heterocycles. The topological polar surface area (TPSA) is 9.86 Å². The summed E-state index contributed by atoms with van der Waals surface area (Å²) in [7, 11) is 0. The molecule has 0 saturated carbocycles. The van der Waals surface area contributed by atoms with Gasteiger partial charge in [-0.05, 0) is 38.1 Å². The molecular weight excluding hydrogens is 352 g/mol. The van der Waals surface area contributed by atoms with Crippen molar-refractivity contribution in [3.05, 3.63) is 96.7 Å². The fourth-order valence-corrected chi connectivity index (χ4v) is 4.71. The number of hydrogen-bond donors (Lipinski definition) is 0. The van der Waals surface area contributed by atoms with Crippen LogP contribution in [-0.4, -0.2) is 9.13 Å². The van der Waals surface area contributed by atoms with E-state index in [0.29, 0.717) is 0 Å². The third kappa shape index (κ3) is 2.49. The molecule has 0 atom stereocenters. The van der Waals surface area contributed by atoms with Crippen molar-refractivity contribution in [2.75, 3.05) is 0 Å². The van der Waals surface area contributed by atoms with E-state index in [2.05, 4.69) is 108 Å². The van der Waals surface area contributed by atoms with Gasteiger partial charge in [0.25, 0.3) is 0 Å². The summed E-state index contributed by atoms with van der Waals surface area (Å²) in [6.45, 7) is 9.53. The summed E-state index contributed by atoms with van der Waals surface area (Å²) in [5, 5.41) is 2.53. The van der Waals surface area contributed by atoms with Gasteiger partial charge in [-0.1, -0.05) is 67.3 Å². The summed E-state index contributed by atoms with van der Waals surface area (Å²) in [5.74, 6) is 0. The lowest BCUT2D eigenvalue weighted by Gasteiger charge is -2.12. The Balaban J connectivity index is 1.96. The highest BCUT2D eigenvalue weighted by molar-refractivity contribution is 6.05. The van der Waals surface area contributed by atoms with Crippen molar-refractivity contribution in [2.24, 2.45) is 0 Å². The van der Waals surface area contributed by atoms with Gasteiger partial charge in [0.05, 0.1) is 11.2 Å². The number of benzene rings is 3. The van der Waals surface area contributed by atoms with Gasteiger partial charge in [0.1, 0.15) is 0 Å². The van der Waals surface area contributed by atoms with E-state index in [1.165, 1.54) is 50.0 Å². The van der Waals surface area contributed by atoms with Crippen LogP contribution in [0.5, 0.6) is 0 Å². The van der Waals surface area contributed by atoms with Crippen LogP contribution in [0.25, 0.3) is 44.8 Å². The number of fused-ring (bicyclic) bond motifs is 2. The van der Waals surface area contributed by atoms with E-state index in [-0.39, 0.29) is 0 Å². The molecule has 0 unspecified atom stereocenters. The summed E-state index contributed by atoms with van der Waals surface area (Å²) in [6, 6.07) is 28.0. The van der Waals surface area contributed by atoms with Gasteiger partial charge in [-0.2, -0.15) is 0 Å². The van der Waals surface area contributed by atoms with E-state index in [1.54, 1.807) is 0 Å². The summed E-state index contributed by atoms with van der Waals surface area (Å²) in [6.07, 6.45) is 2.01. The molecule has 5 aromatic rings. The van der Waals surface area contributed by atoms with Crippen molar-refractivity contribution in [3.63, 3.8) is 0 Å². The van der Waals surface area contributed by atoms with Crippen molar-refractivity contribution in [2.45, 2.75) is 20.4 Å². The molecule has 2 aromatic heterocycles. The molecule has 0 radical (unpaired) electrons. The van der Waals surface area contributed by atoms with Crippen LogP contribution in [0.1, 0.15) is 18.2 Å². The Morgan fingerprint density at radius 2 is 1.41 bits per heavy atom. The number of aromatic nitrogens is 2. The Labute approximate surface area is 171 Å². The standard InChI is InChI=1S/C27H24N2/c1-4-21-22-15-9-11-17-24(22)28(5-2)27(21)26-19(3)29(20-13-7-6-8-14-20)25-18-12-10-16-23(25)26/h4,6-18H,1,5H2,2-3H3. The van der Waals surface area contributed by atoms with Gasteiger partial charge in [0.15, 0.2) is 0 Å². The van der Waals surface area contributed by atoms with E-state index < -0.39 is 0 Å². The molecule has 2 heterocycles. The summed E-state index contributed by atoms with van der Waals surface area (Å²) in [4.78, 5) is 0. The zero-order chi connectivity index (χ0) is 20.0. The summed E-state index contributed by atoms with van der Waals surface area (Å²) < 4.78 is 4.80. The lowest BCUT2D eigenvalue weighted by molar-refractivity contribution is 0.804. The molecule has 0 bridgehead atoms. The van der Waals surface area contributed by atoms with Crippen LogP contribution in [0.3, 0.4) is 0 Å². The maximum atomic E-state index is 4.17. The highest BCUT2D eigenvalue weighted by atomic mass is 15.0. The highest BCUT2D eigenvalue weighted by Crippen LogP contribution is 2.42. The van der Waals surface area contributed by atoms with Crippen LogP contribution in [0.4, 0.5) is 0 Å². The van der Waals surface area contributed by atoms with Gasteiger partial charge in [0, 0.05) is 45.3 Å². The Hall–Kier alpha value is -3.52. The first-order valence-corrected chi connectivity index (χ1v) is 10.2. The predicted molar refractivity (Wildman–Crippen MR) is 125 cm³/mol. The van der Waals surface area contributed by atoms with Crippen LogP contribution < -0.4 is 0 Å². The van der Waals surface area contributed by atoms with Gasteiger partial charge in [0.2, 0.25) is 0 Å². The molecule has 0 N–H and O–H groups in total. The van der Waals surface area contributed by atoms with E-state index in [0.717, 1.165) is 6.54 Å². The van der Waals surface area contributed by atoms with Gasteiger partial charge >= 0.3 is 0 Å². The molecule has 0 amide bonds. The van der Waals surface area contributed by atoms with Crippen LogP contribution >= 0.6 is 0 Å². The minimum atomic E-state index is 0.911. The summed E-state index contributed by atoms with van der Waals surface area (Å²) in [5.41, 5.74) is 8.68. The Bertz CT molecular complexity index is 1350. The van der Waals surface area contributed by atoms with E-state index in [1.807, 2.05) is 6.08 Å². The first-order chi connectivity index (χ1) is 14.3. The van der Waals surface area contributed by atoms with Gasteiger partial charge in [-0.3, -0.25) is 0 Å². The maximum Gasteiger partial charge on any atom is 0.0589 e. The Morgan fingerprint density at radius 3 is 2.10 bits per heavy atom. The Kier molecular flexibility index (Phi) is 4.13. The molecule has 0 fully saturated rings. The minimum absolute atomic E-state index is 0.911. The van der Waals surface area contributed by atoms with E-state index >= 15 is 0 Å². The molecular formula is C27H24N2. The number of rotatable bonds is 4. The second-order valence-corrected chi connectivity index (χ2v) is 7.38. The number of para-hydroxylation sites is 3. The maximum absolute atomic E-state index is 4.17. The minimum Gasteiger partial charge on any atom is -0.340 e. The molecule has 0 aliphatic rings. The van der Waals surface area contributed by atoms with Crippen molar-refractivity contribution in [1.29, 1.82) is 0 Å². The largest absolute Gasteiger partial charge is 0.340 e. The predicted octanol–water partition coefficient (Wildman–Crippen LogP) is 7.22. The van der Waals surface area contributed by atoms with E-state index in [9.17, 15) is 0 Å². The number of hydrogen-bond acceptors (Lipinski definition) is 0. The van der Waals surface area contributed by atoms with Crippen molar-refractivity contribution < 1.29 is 0 Å². The lowest BCUT2D eigenvalue weighted by Crippen LogP contribution is -2.00. The molecule has 142 valence electrons. The Morgan fingerprint density at radius 1 is 0.793 bits per heavy atom. The fraction of sp³-hybridized carbons (Fsp3) is 0.111. The molecule has 3 aromatic carbocycles. The van der Waals surface area contributed by atoms with Crippen molar-refractivity contribution in [3.8, 4) is 16.9 Å². The van der Waals surface area contributed by atoms with Crippen LogP contribution in [0.2, 0.25) is 0 Å². The summed E-state index contributed by atoms with van der Waals surface area (Å²) >= 11 is 0. The van der Waals surface area contributed by atoms with Gasteiger partial charge in [-0.25, -0.2) is 0 Å². The second kappa shape index (κ2) is 6.82. The van der Waals surface area contributed by atoms with Gasteiger partial charge < -0.3 is 9.13 Å². The average Bonchev–Trinajstić information content (AvgIpc) is 3.24. The quantitative estimate of drug-likeness (QED) is 0.313. The normalized spacial score (nSPS) is 11.4. The zero-order valence-electron chi connectivity index (χ0n) is 16.9. The van der Waals surface area contributed by atoms with Crippen LogP contribution in [0, 0.1) is 6.92 Å². The average molecular weight is 377 g/mol. The molecule has 0 aliphatic heterocycles. The lowest BCUT2D eigenvalue weighted by atomic mass is 10.0. The first kappa shape index (κ1) is 17.6. The SMILES string of the molecule is C=Cc1c(-c2c(C)n(-c3ccccc3)c3ccccc23)n(CC)c2ccccc12. The zero-order valence-corrected chi connectivity index (χ0v) is 16.9.